The molecule has 0 aliphatic rings. The van der Waals surface area contributed by atoms with Gasteiger partial charge in [-0.3, -0.25) is 10.1 Å². The number of hydrogen-bond donors (Lipinski definition) is 1. The van der Waals surface area contributed by atoms with Crippen LogP contribution in [0, 0.1) is 6.92 Å². The lowest BCUT2D eigenvalue weighted by atomic mass is 10.3. The molecule has 0 unspecified atom stereocenters. The molecule has 19 heavy (non-hydrogen) atoms. The Morgan fingerprint density at radius 2 is 2.26 bits per heavy atom. The number of anilines is 1. The van der Waals surface area contributed by atoms with E-state index in [0.29, 0.717) is 20.9 Å². The topological polar surface area (TPSA) is 51.2 Å². The first-order valence-electron chi connectivity index (χ1n) is 5.34. The van der Waals surface area contributed by atoms with Crippen molar-refractivity contribution in [3.63, 3.8) is 0 Å². The first-order valence-corrected chi connectivity index (χ1v) is 6.98. The van der Waals surface area contributed by atoms with Crippen molar-refractivity contribution in [1.29, 1.82) is 0 Å². The molecule has 1 N–H and O–H groups in total. The lowest BCUT2D eigenvalue weighted by Gasteiger charge is -2.07. The summed E-state index contributed by atoms with van der Waals surface area (Å²) >= 11 is 13.1. The zero-order chi connectivity index (χ0) is 13.8. The van der Waals surface area contributed by atoms with Crippen LogP contribution in [0.4, 0.5) is 5.13 Å². The summed E-state index contributed by atoms with van der Waals surface area (Å²) < 4.78 is 5.31. The van der Waals surface area contributed by atoms with E-state index in [0.717, 1.165) is 5.69 Å². The van der Waals surface area contributed by atoms with Crippen molar-refractivity contribution in [3.8, 4) is 5.75 Å². The fraction of sp³-hybridized carbons (Fsp3) is 0.167. The van der Waals surface area contributed by atoms with Crippen LogP contribution in [0.5, 0.6) is 5.75 Å². The molecule has 0 radical (unpaired) electrons. The maximum absolute atomic E-state index is 11.6. The highest BCUT2D eigenvalue weighted by atomic mass is 35.5. The van der Waals surface area contributed by atoms with Crippen molar-refractivity contribution in [2.75, 3.05) is 11.9 Å². The summed E-state index contributed by atoms with van der Waals surface area (Å²) in [7, 11) is 0. The van der Waals surface area contributed by atoms with Crippen LogP contribution in [-0.2, 0) is 4.79 Å². The van der Waals surface area contributed by atoms with Crippen LogP contribution in [0.15, 0.2) is 23.6 Å². The van der Waals surface area contributed by atoms with Crippen LogP contribution in [0.1, 0.15) is 5.69 Å². The molecule has 7 heteroatoms. The van der Waals surface area contributed by atoms with Gasteiger partial charge in [0.2, 0.25) is 0 Å². The molecule has 0 saturated heterocycles. The van der Waals surface area contributed by atoms with E-state index in [1.165, 1.54) is 11.3 Å². The molecule has 1 aromatic carbocycles. The van der Waals surface area contributed by atoms with Gasteiger partial charge in [0.1, 0.15) is 5.75 Å². The summed E-state index contributed by atoms with van der Waals surface area (Å²) in [5.41, 5.74) is 0.860. The lowest BCUT2D eigenvalue weighted by Crippen LogP contribution is -2.20. The van der Waals surface area contributed by atoms with Gasteiger partial charge in [0.25, 0.3) is 5.91 Å². The number of carbonyl (C=O) groups is 1. The van der Waals surface area contributed by atoms with Gasteiger partial charge in [-0.25, -0.2) is 4.98 Å². The molecule has 1 heterocycles. The highest BCUT2D eigenvalue weighted by Crippen LogP contribution is 2.27. The number of amides is 1. The van der Waals surface area contributed by atoms with Crippen LogP contribution >= 0.6 is 34.5 Å². The van der Waals surface area contributed by atoms with Gasteiger partial charge in [-0.15, -0.1) is 11.3 Å². The molecule has 2 rings (SSSR count). The summed E-state index contributed by atoms with van der Waals surface area (Å²) in [5.74, 6) is 0.0741. The number of hydrogen-bond acceptors (Lipinski definition) is 4. The van der Waals surface area contributed by atoms with Crippen LogP contribution in [0.3, 0.4) is 0 Å². The van der Waals surface area contributed by atoms with Crippen molar-refractivity contribution < 1.29 is 9.53 Å². The van der Waals surface area contributed by atoms with E-state index in [2.05, 4.69) is 10.3 Å². The molecular formula is C12H10Cl2N2O2S. The van der Waals surface area contributed by atoms with Gasteiger partial charge >= 0.3 is 0 Å². The lowest BCUT2D eigenvalue weighted by molar-refractivity contribution is -0.118. The first-order chi connectivity index (χ1) is 9.04. The number of aryl methyl sites for hydroxylation is 1. The molecule has 100 valence electrons. The highest BCUT2D eigenvalue weighted by Gasteiger charge is 2.08. The average molecular weight is 317 g/mol. The van der Waals surface area contributed by atoms with E-state index in [9.17, 15) is 4.79 Å². The Hall–Kier alpha value is -1.30. The second-order valence-corrected chi connectivity index (χ2v) is 5.41. The van der Waals surface area contributed by atoms with Crippen molar-refractivity contribution >= 4 is 45.6 Å². The van der Waals surface area contributed by atoms with Gasteiger partial charge in [-0.1, -0.05) is 23.2 Å². The largest absolute Gasteiger partial charge is 0.482 e. The molecule has 0 bridgehead atoms. The standard InChI is InChI=1S/C12H10Cl2N2O2S/c1-7-6-19-12(15-7)16-11(17)5-18-10-4-8(13)2-3-9(10)14/h2-4,6H,5H2,1H3,(H,15,16,17). The van der Waals surface area contributed by atoms with Crippen LogP contribution in [0.2, 0.25) is 10.0 Å². The number of ether oxygens (including phenoxy) is 1. The van der Waals surface area contributed by atoms with Crippen molar-refractivity contribution in [1.82, 2.24) is 4.98 Å². The van der Waals surface area contributed by atoms with Gasteiger partial charge in [-0.05, 0) is 19.1 Å². The number of halogens is 2. The summed E-state index contributed by atoms with van der Waals surface area (Å²) in [4.78, 5) is 15.8. The summed E-state index contributed by atoms with van der Waals surface area (Å²) in [5, 5.41) is 5.93. The normalized spacial score (nSPS) is 10.3. The quantitative estimate of drug-likeness (QED) is 0.934. The number of aromatic nitrogens is 1. The zero-order valence-electron chi connectivity index (χ0n) is 9.94. The van der Waals surface area contributed by atoms with E-state index in [1.807, 2.05) is 12.3 Å². The maximum Gasteiger partial charge on any atom is 0.264 e. The van der Waals surface area contributed by atoms with Crippen molar-refractivity contribution in [2.45, 2.75) is 6.92 Å². The number of carbonyl (C=O) groups excluding carboxylic acids is 1. The third kappa shape index (κ3) is 4.09. The first kappa shape index (κ1) is 14.1. The molecule has 2 aromatic rings. The minimum absolute atomic E-state index is 0.154. The van der Waals surface area contributed by atoms with Gasteiger partial charge in [0.05, 0.1) is 10.7 Å². The van der Waals surface area contributed by atoms with E-state index >= 15 is 0 Å². The number of rotatable bonds is 4. The Labute approximate surface area is 124 Å². The Morgan fingerprint density at radius 1 is 1.47 bits per heavy atom. The number of nitrogens with zero attached hydrogens (tertiary/aromatic N) is 1. The van der Waals surface area contributed by atoms with E-state index < -0.39 is 0 Å². The maximum atomic E-state index is 11.6. The predicted molar refractivity (Wildman–Crippen MR) is 77.4 cm³/mol. The molecule has 0 fully saturated rings. The molecule has 0 spiro atoms. The smallest absolute Gasteiger partial charge is 0.264 e. The van der Waals surface area contributed by atoms with Crippen LogP contribution < -0.4 is 10.1 Å². The van der Waals surface area contributed by atoms with E-state index in [4.69, 9.17) is 27.9 Å². The molecule has 0 atom stereocenters. The Balaban J connectivity index is 1.91. The van der Waals surface area contributed by atoms with Crippen molar-refractivity contribution in [2.24, 2.45) is 0 Å². The Bertz CT molecular complexity index is 601. The number of nitrogens with one attached hydrogen (secondary N) is 1. The van der Waals surface area contributed by atoms with Crippen LogP contribution in [0.25, 0.3) is 0 Å². The molecule has 0 saturated carbocycles. The molecule has 1 aromatic heterocycles. The number of benzene rings is 1. The fourth-order valence-electron chi connectivity index (χ4n) is 1.30. The summed E-state index contributed by atoms with van der Waals surface area (Å²) in [6, 6.07) is 4.82. The Kier molecular flexibility index (Phi) is 4.63. The molecule has 0 aliphatic heterocycles. The number of thiazole rings is 1. The second kappa shape index (κ2) is 6.23. The van der Waals surface area contributed by atoms with Crippen LogP contribution in [-0.4, -0.2) is 17.5 Å². The highest BCUT2D eigenvalue weighted by molar-refractivity contribution is 7.13. The second-order valence-electron chi connectivity index (χ2n) is 3.71. The third-order valence-electron chi connectivity index (χ3n) is 2.12. The SMILES string of the molecule is Cc1csc(NC(=O)COc2cc(Cl)ccc2Cl)n1. The minimum atomic E-state index is -0.301. The Morgan fingerprint density at radius 3 is 2.95 bits per heavy atom. The monoisotopic (exact) mass is 316 g/mol. The summed E-state index contributed by atoms with van der Waals surface area (Å²) in [6.07, 6.45) is 0. The molecule has 1 amide bonds. The third-order valence-corrected chi connectivity index (χ3v) is 3.54. The van der Waals surface area contributed by atoms with Gasteiger partial charge < -0.3 is 4.74 Å². The van der Waals surface area contributed by atoms with Gasteiger partial charge in [-0.2, -0.15) is 0 Å². The minimum Gasteiger partial charge on any atom is -0.482 e. The average Bonchev–Trinajstić information content (AvgIpc) is 2.76. The van der Waals surface area contributed by atoms with Crippen molar-refractivity contribution in [3.05, 3.63) is 39.3 Å². The van der Waals surface area contributed by atoms with Gasteiger partial charge in [0, 0.05) is 16.5 Å². The zero-order valence-corrected chi connectivity index (χ0v) is 12.3. The molecule has 0 aliphatic carbocycles. The van der Waals surface area contributed by atoms with E-state index in [-0.39, 0.29) is 12.5 Å². The molecule has 4 nitrogen and oxygen atoms in total. The molecular weight excluding hydrogens is 307 g/mol. The summed E-state index contributed by atoms with van der Waals surface area (Å²) in [6.45, 7) is 1.70. The van der Waals surface area contributed by atoms with Gasteiger partial charge in [0.15, 0.2) is 11.7 Å². The van der Waals surface area contributed by atoms with E-state index in [1.54, 1.807) is 18.2 Å². The predicted octanol–water partition coefficient (Wildman–Crippen LogP) is 3.78. The fourth-order valence-corrected chi connectivity index (χ4v) is 2.34.